The van der Waals surface area contributed by atoms with Crippen molar-refractivity contribution in [3.05, 3.63) is 46.5 Å². The molecule has 0 saturated carbocycles. The van der Waals surface area contributed by atoms with Gasteiger partial charge in [0.2, 0.25) is 11.8 Å². The molecular weight excluding hydrogens is 382 g/mol. The highest BCUT2D eigenvalue weighted by molar-refractivity contribution is 6.05. The van der Waals surface area contributed by atoms with Gasteiger partial charge in [-0.2, -0.15) is 0 Å². The van der Waals surface area contributed by atoms with Gasteiger partial charge >= 0.3 is 5.97 Å². The Hall–Kier alpha value is -3.56. The summed E-state index contributed by atoms with van der Waals surface area (Å²) in [6, 6.07) is 5.19. The summed E-state index contributed by atoms with van der Waals surface area (Å²) in [5, 5.41) is 13.0. The van der Waals surface area contributed by atoms with Gasteiger partial charge in [-0.15, -0.1) is 0 Å². The molecule has 1 aromatic rings. The average molecular weight is 401 g/mol. The molecule has 1 N–H and O–H groups in total. The summed E-state index contributed by atoms with van der Waals surface area (Å²) >= 11 is 0. The monoisotopic (exact) mass is 401 g/mol. The molecule has 10 nitrogen and oxygen atoms in total. The van der Waals surface area contributed by atoms with Crippen molar-refractivity contribution in [2.24, 2.45) is 11.8 Å². The molecule has 0 aromatic heterocycles. The van der Waals surface area contributed by atoms with Crippen molar-refractivity contribution in [1.82, 2.24) is 4.90 Å². The van der Waals surface area contributed by atoms with E-state index in [2.05, 4.69) is 5.32 Å². The maximum absolute atomic E-state index is 12.3. The second kappa shape index (κ2) is 8.63. The SMILES string of the molecule is O=C(COC(=O)CCN1C(=O)[C@H]2CC=CC[C@H]2C1=O)Nc1ccc([N+](=O)[O-])cc1. The topological polar surface area (TPSA) is 136 Å². The first kappa shape index (κ1) is 20.2. The maximum Gasteiger partial charge on any atom is 0.308 e. The van der Waals surface area contributed by atoms with Crippen LogP contribution in [0.1, 0.15) is 19.3 Å². The van der Waals surface area contributed by atoms with Gasteiger partial charge in [-0.1, -0.05) is 12.2 Å². The van der Waals surface area contributed by atoms with Crippen LogP contribution in [-0.2, 0) is 23.9 Å². The molecular formula is C19H19N3O7. The minimum Gasteiger partial charge on any atom is -0.456 e. The van der Waals surface area contributed by atoms with E-state index >= 15 is 0 Å². The number of non-ortho nitro benzene ring substituents is 1. The van der Waals surface area contributed by atoms with Gasteiger partial charge in [0, 0.05) is 24.4 Å². The molecule has 2 atom stereocenters. The minimum atomic E-state index is -0.711. The van der Waals surface area contributed by atoms with E-state index in [4.69, 9.17) is 4.74 Å². The first-order valence-electron chi connectivity index (χ1n) is 9.07. The van der Waals surface area contributed by atoms with Gasteiger partial charge in [-0.05, 0) is 25.0 Å². The zero-order chi connectivity index (χ0) is 21.0. The number of ether oxygens (including phenoxy) is 1. The molecule has 3 rings (SSSR count). The quantitative estimate of drug-likeness (QED) is 0.240. The second-order valence-corrected chi connectivity index (χ2v) is 6.75. The number of nitrogens with one attached hydrogen (secondary N) is 1. The Morgan fingerprint density at radius 3 is 2.24 bits per heavy atom. The number of nitrogens with zero attached hydrogens (tertiary/aromatic N) is 2. The molecule has 1 fully saturated rings. The number of hydrogen-bond donors (Lipinski definition) is 1. The van der Waals surface area contributed by atoms with Crippen molar-refractivity contribution in [1.29, 1.82) is 0 Å². The van der Waals surface area contributed by atoms with E-state index < -0.39 is 23.4 Å². The highest BCUT2D eigenvalue weighted by Crippen LogP contribution is 2.35. The Balaban J connectivity index is 1.42. The minimum absolute atomic E-state index is 0.0759. The van der Waals surface area contributed by atoms with Gasteiger partial charge in [0.1, 0.15) is 0 Å². The number of fused-ring (bicyclic) bond motifs is 1. The maximum atomic E-state index is 12.3. The summed E-state index contributed by atoms with van der Waals surface area (Å²) in [4.78, 5) is 59.4. The highest BCUT2D eigenvalue weighted by Gasteiger charge is 2.46. The van der Waals surface area contributed by atoms with Crippen molar-refractivity contribution in [3.63, 3.8) is 0 Å². The van der Waals surface area contributed by atoms with E-state index in [9.17, 15) is 29.3 Å². The van der Waals surface area contributed by atoms with Crippen LogP contribution in [0, 0.1) is 22.0 Å². The Kier molecular flexibility index (Phi) is 6.01. The molecule has 3 amide bonds. The summed E-state index contributed by atoms with van der Waals surface area (Å²) in [7, 11) is 0. The molecule has 2 aliphatic rings. The Morgan fingerprint density at radius 1 is 1.10 bits per heavy atom. The van der Waals surface area contributed by atoms with E-state index in [0.29, 0.717) is 18.5 Å². The van der Waals surface area contributed by atoms with Crippen LogP contribution in [0.4, 0.5) is 11.4 Å². The van der Waals surface area contributed by atoms with Gasteiger partial charge in [-0.25, -0.2) is 0 Å². The third kappa shape index (κ3) is 4.65. The third-order valence-corrected chi connectivity index (χ3v) is 4.86. The fourth-order valence-electron chi connectivity index (χ4n) is 3.37. The van der Waals surface area contributed by atoms with Crippen LogP contribution in [-0.4, -0.2) is 46.7 Å². The summed E-state index contributed by atoms with van der Waals surface area (Å²) < 4.78 is 4.87. The summed E-state index contributed by atoms with van der Waals surface area (Å²) in [6.45, 7) is -0.625. The van der Waals surface area contributed by atoms with Crippen molar-refractivity contribution in [2.45, 2.75) is 19.3 Å². The molecule has 0 radical (unpaired) electrons. The van der Waals surface area contributed by atoms with E-state index in [1.807, 2.05) is 12.2 Å². The molecule has 1 aliphatic carbocycles. The molecule has 0 bridgehead atoms. The van der Waals surface area contributed by atoms with E-state index in [1.54, 1.807) is 0 Å². The Bertz CT molecular complexity index is 852. The van der Waals surface area contributed by atoms with Gasteiger partial charge in [0.25, 0.3) is 11.6 Å². The Labute approximate surface area is 165 Å². The predicted octanol–water partition coefficient (Wildman–Crippen LogP) is 1.42. The second-order valence-electron chi connectivity index (χ2n) is 6.75. The molecule has 0 unspecified atom stereocenters. The van der Waals surface area contributed by atoms with Crippen LogP contribution in [0.25, 0.3) is 0 Å². The molecule has 1 saturated heterocycles. The van der Waals surface area contributed by atoms with Crippen LogP contribution in [0.15, 0.2) is 36.4 Å². The number of allylic oxidation sites excluding steroid dienone is 2. The number of anilines is 1. The lowest BCUT2D eigenvalue weighted by molar-refractivity contribution is -0.384. The summed E-state index contributed by atoms with van der Waals surface area (Å²) in [5.74, 6) is -2.57. The smallest absolute Gasteiger partial charge is 0.308 e. The largest absolute Gasteiger partial charge is 0.456 e. The number of nitro groups is 1. The number of hydrogen-bond acceptors (Lipinski definition) is 7. The van der Waals surface area contributed by atoms with Gasteiger partial charge in [0.15, 0.2) is 6.61 Å². The number of rotatable bonds is 7. The van der Waals surface area contributed by atoms with Crippen LogP contribution >= 0.6 is 0 Å². The standard InChI is InChI=1S/C19H19N3O7/c23-16(20-12-5-7-13(8-6-12)22(27)28)11-29-17(24)9-10-21-18(25)14-3-1-2-4-15(14)19(21)26/h1-2,5-8,14-15H,3-4,9-11H2,(H,20,23)/t14-,15+. The van der Waals surface area contributed by atoms with Gasteiger partial charge in [-0.3, -0.25) is 34.2 Å². The number of carbonyl (C=O) groups is 4. The van der Waals surface area contributed by atoms with Crippen LogP contribution in [0.2, 0.25) is 0 Å². The number of likely N-dealkylation sites (tertiary alicyclic amines) is 1. The van der Waals surface area contributed by atoms with Gasteiger partial charge < -0.3 is 10.1 Å². The lowest BCUT2D eigenvalue weighted by atomic mass is 9.85. The van der Waals surface area contributed by atoms with Crippen molar-refractivity contribution in [3.8, 4) is 0 Å². The number of imide groups is 1. The van der Waals surface area contributed by atoms with E-state index in [0.717, 1.165) is 4.90 Å². The van der Waals surface area contributed by atoms with E-state index in [-0.39, 0.29) is 42.3 Å². The zero-order valence-electron chi connectivity index (χ0n) is 15.4. The number of amides is 3. The normalized spacial score (nSPS) is 20.3. The molecule has 1 heterocycles. The molecule has 1 aliphatic heterocycles. The van der Waals surface area contributed by atoms with Gasteiger partial charge in [0.05, 0.1) is 23.2 Å². The Morgan fingerprint density at radius 2 is 1.69 bits per heavy atom. The molecule has 29 heavy (non-hydrogen) atoms. The summed E-state index contributed by atoms with van der Waals surface area (Å²) in [5.41, 5.74) is 0.206. The molecule has 152 valence electrons. The van der Waals surface area contributed by atoms with Crippen LogP contribution in [0.3, 0.4) is 0 Å². The lowest BCUT2D eigenvalue weighted by Gasteiger charge is -2.14. The number of nitro benzene ring substituents is 1. The van der Waals surface area contributed by atoms with Crippen molar-refractivity contribution < 1.29 is 28.8 Å². The molecule has 10 heteroatoms. The number of benzene rings is 1. The average Bonchev–Trinajstić information content (AvgIpc) is 2.95. The number of carbonyl (C=O) groups excluding carboxylic acids is 4. The fourth-order valence-corrected chi connectivity index (χ4v) is 3.37. The van der Waals surface area contributed by atoms with Crippen LogP contribution < -0.4 is 5.32 Å². The number of esters is 1. The first-order valence-corrected chi connectivity index (χ1v) is 9.07. The predicted molar refractivity (Wildman–Crippen MR) is 99.4 cm³/mol. The van der Waals surface area contributed by atoms with Crippen LogP contribution in [0.5, 0.6) is 0 Å². The fraction of sp³-hybridized carbons (Fsp3) is 0.368. The van der Waals surface area contributed by atoms with Crippen molar-refractivity contribution >= 4 is 35.1 Å². The molecule has 1 aromatic carbocycles. The highest BCUT2D eigenvalue weighted by atomic mass is 16.6. The lowest BCUT2D eigenvalue weighted by Crippen LogP contribution is -2.33. The third-order valence-electron chi connectivity index (χ3n) is 4.86. The molecule has 0 spiro atoms. The first-order chi connectivity index (χ1) is 13.9. The zero-order valence-corrected chi connectivity index (χ0v) is 15.4. The summed E-state index contributed by atoms with van der Waals surface area (Å²) in [6.07, 6.45) is 4.62. The van der Waals surface area contributed by atoms with E-state index in [1.165, 1.54) is 24.3 Å². The van der Waals surface area contributed by atoms with Crippen molar-refractivity contribution in [2.75, 3.05) is 18.5 Å².